The van der Waals surface area contributed by atoms with Crippen molar-refractivity contribution in [3.8, 4) is 0 Å². The third-order valence-electron chi connectivity index (χ3n) is 4.55. The topological polar surface area (TPSA) is 17.1 Å². The number of hydrogen-bond acceptors (Lipinski definition) is 1. The first-order valence-electron chi connectivity index (χ1n) is 5.36. The minimum atomic E-state index is 0.494. The third kappa shape index (κ3) is 0.681. The first-order chi connectivity index (χ1) is 5.82. The van der Waals surface area contributed by atoms with Gasteiger partial charge in [-0.05, 0) is 37.5 Å². The number of fused-ring (bicyclic) bond motifs is 1. The summed E-state index contributed by atoms with van der Waals surface area (Å²) in [6.07, 6.45) is 9.12. The van der Waals surface area contributed by atoms with E-state index in [9.17, 15) is 4.79 Å². The number of rotatable bonds is 0. The highest BCUT2D eigenvalue weighted by molar-refractivity contribution is 5.87. The molecular formula is C11H16O. The molecule has 3 aliphatic carbocycles. The van der Waals surface area contributed by atoms with Crippen LogP contribution in [0.3, 0.4) is 0 Å². The molecule has 3 rings (SSSR count). The highest BCUT2D eigenvalue weighted by Gasteiger charge is 2.57. The molecule has 1 nitrogen and oxygen atoms in total. The van der Waals surface area contributed by atoms with E-state index in [1.807, 2.05) is 0 Å². The third-order valence-corrected chi connectivity index (χ3v) is 4.55. The van der Waals surface area contributed by atoms with Crippen molar-refractivity contribution in [1.82, 2.24) is 0 Å². The number of carbonyl (C=O) groups is 1. The summed E-state index contributed by atoms with van der Waals surface area (Å²) in [5.74, 6) is 1.64. The molecule has 1 spiro atoms. The van der Waals surface area contributed by atoms with E-state index in [0.717, 1.165) is 0 Å². The fraction of sp³-hybridized carbons (Fsp3) is 0.909. The second-order valence-corrected chi connectivity index (χ2v) is 5.00. The molecule has 0 aliphatic heterocycles. The first kappa shape index (κ1) is 7.11. The zero-order chi connectivity index (χ0) is 8.18. The van der Waals surface area contributed by atoms with E-state index in [1.165, 1.54) is 44.9 Å². The van der Waals surface area contributed by atoms with Crippen LogP contribution < -0.4 is 0 Å². The zero-order valence-electron chi connectivity index (χ0n) is 7.51. The van der Waals surface area contributed by atoms with Gasteiger partial charge in [-0.25, -0.2) is 0 Å². The van der Waals surface area contributed by atoms with Crippen molar-refractivity contribution < 1.29 is 4.79 Å². The molecule has 0 aromatic rings. The highest BCUT2D eigenvalue weighted by Crippen LogP contribution is 2.61. The SMILES string of the molecule is O=C1C2CCC3(CCCCC13)C2. The standard InChI is InChI=1S/C11H16O/c12-10-8-4-6-11(7-8)5-2-1-3-9(10)11/h8-9H,1-7H2. The van der Waals surface area contributed by atoms with Crippen LogP contribution in [0.5, 0.6) is 0 Å². The van der Waals surface area contributed by atoms with Crippen molar-refractivity contribution >= 4 is 5.78 Å². The van der Waals surface area contributed by atoms with Crippen molar-refractivity contribution in [2.45, 2.75) is 44.9 Å². The van der Waals surface area contributed by atoms with Crippen LogP contribution in [0.2, 0.25) is 0 Å². The summed E-state index contributed by atoms with van der Waals surface area (Å²) in [6, 6.07) is 0. The molecular weight excluding hydrogens is 148 g/mol. The molecule has 12 heavy (non-hydrogen) atoms. The Bertz CT molecular complexity index is 233. The van der Waals surface area contributed by atoms with Crippen LogP contribution in [0.1, 0.15) is 44.9 Å². The Morgan fingerprint density at radius 3 is 2.92 bits per heavy atom. The van der Waals surface area contributed by atoms with E-state index in [1.54, 1.807) is 0 Å². The van der Waals surface area contributed by atoms with Crippen LogP contribution in [0.15, 0.2) is 0 Å². The Kier molecular flexibility index (Phi) is 1.26. The molecule has 2 bridgehead atoms. The average molecular weight is 164 g/mol. The van der Waals surface area contributed by atoms with Gasteiger partial charge in [0.05, 0.1) is 0 Å². The van der Waals surface area contributed by atoms with Gasteiger partial charge in [-0.2, -0.15) is 0 Å². The highest BCUT2D eigenvalue weighted by atomic mass is 16.1. The minimum absolute atomic E-state index is 0.494. The van der Waals surface area contributed by atoms with Gasteiger partial charge in [-0.3, -0.25) is 4.79 Å². The molecule has 0 amide bonds. The number of ketones is 1. The first-order valence-corrected chi connectivity index (χ1v) is 5.36. The maximum atomic E-state index is 11.8. The maximum absolute atomic E-state index is 11.8. The van der Waals surface area contributed by atoms with E-state index in [-0.39, 0.29) is 0 Å². The minimum Gasteiger partial charge on any atom is -0.299 e. The lowest BCUT2D eigenvalue weighted by Gasteiger charge is -2.38. The van der Waals surface area contributed by atoms with Gasteiger partial charge in [0.15, 0.2) is 0 Å². The molecule has 3 fully saturated rings. The molecule has 66 valence electrons. The lowest BCUT2D eigenvalue weighted by atomic mass is 9.66. The Balaban J connectivity index is 1.99. The molecule has 0 N–H and O–H groups in total. The van der Waals surface area contributed by atoms with Gasteiger partial charge in [0.2, 0.25) is 0 Å². The zero-order valence-corrected chi connectivity index (χ0v) is 7.51. The quantitative estimate of drug-likeness (QED) is 0.537. The molecule has 0 aromatic carbocycles. The molecule has 0 aromatic heterocycles. The van der Waals surface area contributed by atoms with Crippen LogP contribution in [-0.4, -0.2) is 5.78 Å². The summed E-state index contributed by atoms with van der Waals surface area (Å²) < 4.78 is 0. The summed E-state index contributed by atoms with van der Waals surface area (Å²) in [5, 5.41) is 0. The van der Waals surface area contributed by atoms with Gasteiger partial charge in [0.1, 0.15) is 5.78 Å². The molecule has 1 heteroatoms. The monoisotopic (exact) mass is 164 g/mol. The predicted molar refractivity (Wildman–Crippen MR) is 46.7 cm³/mol. The summed E-state index contributed by atoms with van der Waals surface area (Å²) >= 11 is 0. The number of carbonyl (C=O) groups excluding carboxylic acids is 1. The predicted octanol–water partition coefficient (Wildman–Crippen LogP) is 2.55. The van der Waals surface area contributed by atoms with Crippen molar-refractivity contribution in [1.29, 1.82) is 0 Å². The van der Waals surface area contributed by atoms with Crippen LogP contribution >= 0.6 is 0 Å². The van der Waals surface area contributed by atoms with Crippen LogP contribution in [-0.2, 0) is 4.79 Å². The van der Waals surface area contributed by atoms with Gasteiger partial charge >= 0.3 is 0 Å². The van der Waals surface area contributed by atoms with Crippen LogP contribution in [0.25, 0.3) is 0 Å². The van der Waals surface area contributed by atoms with Crippen molar-refractivity contribution in [2.24, 2.45) is 17.3 Å². The molecule has 0 saturated heterocycles. The molecule has 3 atom stereocenters. The molecule has 0 heterocycles. The largest absolute Gasteiger partial charge is 0.299 e. The molecule has 0 radical (unpaired) electrons. The Labute approximate surface area is 73.5 Å². The van der Waals surface area contributed by atoms with Crippen molar-refractivity contribution in [3.63, 3.8) is 0 Å². The second-order valence-electron chi connectivity index (χ2n) is 5.00. The van der Waals surface area contributed by atoms with Gasteiger partial charge in [0.25, 0.3) is 0 Å². The Morgan fingerprint density at radius 2 is 2.08 bits per heavy atom. The lowest BCUT2D eigenvalue weighted by molar-refractivity contribution is -0.128. The van der Waals surface area contributed by atoms with Crippen LogP contribution in [0.4, 0.5) is 0 Å². The van der Waals surface area contributed by atoms with E-state index in [0.29, 0.717) is 23.0 Å². The second kappa shape index (κ2) is 2.12. The average Bonchev–Trinajstić information content (AvgIpc) is 2.60. The Hall–Kier alpha value is -0.330. The lowest BCUT2D eigenvalue weighted by Crippen LogP contribution is -2.33. The smallest absolute Gasteiger partial charge is 0.139 e. The number of hydrogen-bond donors (Lipinski definition) is 0. The fourth-order valence-corrected chi connectivity index (χ4v) is 3.98. The van der Waals surface area contributed by atoms with E-state index in [2.05, 4.69) is 0 Å². The van der Waals surface area contributed by atoms with Gasteiger partial charge in [-0.15, -0.1) is 0 Å². The summed E-state index contributed by atoms with van der Waals surface area (Å²) in [5.41, 5.74) is 0.528. The number of Topliss-reactive ketones (excluding diaryl/α,β-unsaturated/α-hetero) is 1. The van der Waals surface area contributed by atoms with Crippen LogP contribution in [0, 0.1) is 17.3 Å². The Morgan fingerprint density at radius 1 is 1.17 bits per heavy atom. The van der Waals surface area contributed by atoms with Gasteiger partial charge < -0.3 is 0 Å². The van der Waals surface area contributed by atoms with Gasteiger partial charge in [-0.1, -0.05) is 12.8 Å². The molecule has 3 aliphatic rings. The van der Waals surface area contributed by atoms with Crippen molar-refractivity contribution in [3.05, 3.63) is 0 Å². The maximum Gasteiger partial charge on any atom is 0.139 e. The van der Waals surface area contributed by atoms with E-state index in [4.69, 9.17) is 0 Å². The summed E-state index contributed by atoms with van der Waals surface area (Å²) in [6.45, 7) is 0. The van der Waals surface area contributed by atoms with Crippen molar-refractivity contribution in [2.75, 3.05) is 0 Å². The van der Waals surface area contributed by atoms with E-state index >= 15 is 0 Å². The fourth-order valence-electron chi connectivity index (χ4n) is 3.98. The van der Waals surface area contributed by atoms with E-state index < -0.39 is 0 Å². The molecule has 3 unspecified atom stereocenters. The normalized spacial score (nSPS) is 51.2. The molecule has 3 saturated carbocycles. The summed E-state index contributed by atoms with van der Waals surface area (Å²) in [4.78, 5) is 11.8. The summed E-state index contributed by atoms with van der Waals surface area (Å²) in [7, 11) is 0. The van der Waals surface area contributed by atoms with Gasteiger partial charge in [0, 0.05) is 11.8 Å².